The van der Waals surface area contributed by atoms with E-state index in [0.717, 1.165) is 5.56 Å². The predicted octanol–water partition coefficient (Wildman–Crippen LogP) is 0.821. The van der Waals surface area contributed by atoms with Crippen molar-refractivity contribution in [1.82, 2.24) is 19.9 Å². The second-order valence-electron chi connectivity index (χ2n) is 4.50. The van der Waals surface area contributed by atoms with Crippen LogP contribution in [-0.4, -0.2) is 32.9 Å². The number of rotatable bonds is 3. The molecule has 0 saturated carbocycles. The molecule has 3 heterocycles. The SMILES string of the molecule is O=c1[nH]cnc2nc(NN=Cc3ccc4c(c3)OCO4)[nH]c12. The van der Waals surface area contributed by atoms with Gasteiger partial charge in [0.25, 0.3) is 5.56 Å². The smallest absolute Gasteiger partial charge is 0.276 e. The molecule has 1 aliphatic heterocycles. The number of hydrogen-bond donors (Lipinski definition) is 3. The molecule has 9 heteroatoms. The van der Waals surface area contributed by atoms with Crippen LogP contribution in [-0.2, 0) is 0 Å². The summed E-state index contributed by atoms with van der Waals surface area (Å²) in [7, 11) is 0. The summed E-state index contributed by atoms with van der Waals surface area (Å²) in [6.07, 6.45) is 2.90. The number of hydrogen-bond acceptors (Lipinski definition) is 7. The van der Waals surface area contributed by atoms with Crippen LogP contribution in [0.1, 0.15) is 5.56 Å². The van der Waals surface area contributed by atoms with Gasteiger partial charge < -0.3 is 19.4 Å². The number of benzene rings is 1. The summed E-state index contributed by atoms with van der Waals surface area (Å²) in [6, 6.07) is 5.48. The minimum atomic E-state index is -0.287. The third kappa shape index (κ3) is 2.14. The Bertz CT molecular complexity index is 929. The van der Waals surface area contributed by atoms with Crippen LogP contribution in [0.15, 0.2) is 34.4 Å². The van der Waals surface area contributed by atoms with E-state index >= 15 is 0 Å². The van der Waals surface area contributed by atoms with Gasteiger partial charge in [-0.15, -0.1) is 0 Å². The molecule has 3 N–H and O–H groups in total. The molecule has 1 aliphatic rings. The van der Waals surface area contributed by atoms with E-state index in [4.69, 9.17) is 9.47 Å². The van der Waals surface area contributed by atoms with Crippen LogP contribution in [0.2, 0.25) is 0 Å². The predicted molar refractivity (Wildman–Crippen MR) is 78.3 cm³/mol. The largest absolute Gasteiger partial charge is 0.454 e. The van der Waals surface area contributed by atoms with Crippen LogP contribution >= 0.6 is 0 Å². The van der Waals surface area contributed by atoms with Gasteiger partial charge in [0, 0.05) is 0 Å². The topological polar surface area (TPSA) is 117 Å². The van der Waals surface area contributed by atoms with Gasteiger partial charge in [0.05, 0.1) is 12.5 Å². The van der Waals surface area contributed by atoms with E-state index in [-0.39, 0.29) is 12.4 Å². The van der Waals surface area contributed by atoms with Gasteiger partial charge in [0.2, 0.25) is 12.7 Å². The maximum atomic E-state index is 11.5. The van der Waals surface area contributed by atoms with E-state index in [1.165, 1.54) is 6.33 Å². The Morgan fingerprint density at radius 3 is 3.14 bits per heavy atom. The van der Waals surface area contributed by atoms with Gasteiger partial charge in [-0.25, -0.2) is 10.4 Å². The Kier molecular flexibility index (Phi) is 2.75. The molecule has 9 nitrogen and oxygen atoms in total. The van der Waals surface area contributed by atoms with Gasteiger partial charge in [-0.05, 0) is 23.8 Å². The molecule has 110 valence electrons. The summed E-state index contributed by atoms with van der Waals surface area (Å²) in [5, 5.41) is 4.06. The molecular formula is C13H10N6O3. The van der Waals surface area contributed by atoms with Gasteiger partial charge in [-0.1, -0.05) is 0 Å². The fraction of sp³-hybridized carbons (Fsp3) is 0.0769. The molecule has 0 atom stereocenters. The van der Waals surface area contributed by atoms with E-state index in [1.807, 2.05) is 18.2 Å². The van der Waals surface area contributed by atoms with Crippen LogP contribution < -0.4 is 20.5 Å². The van der Waals surface area contributed by atoms with Crippen molar-refractivity contribution in [2.24, 2.45) is 5.10 Å². The van der Waals surface area contributed by atoms with E-state index in [9.17, 15) is 4.79 Å². The lowest BCUT2D eigenvalue weighted by Gasteiger charge is -1.97. The van der Waals surface area contributed by atoms with Gasteiger partial charge in [-0.2, -0.15) is 10.1 Å². The fourth-order valence-corrected chi connectivity index (χ4v) is 2.05. The molecule has 0 radical (unpaired) electrons. The number of hydrazone groups is 1. The Morgan fingerprint density at radius 2 is 2.23 bits per heavy atom. The zero-order chi connectivity index (χ0) is 14.9. The number of anilines is 1. The number of nitrogens with one attached hydrogen (secondary N) is 3. The molecule has 2 aromatic heterocycles. The average Bonchev–Trinajstić information content (AvgIpc) is 3.13. The first kappa shape index (κ1) is 12.4. The van der Waals surface area contributed by atoms with Crippen LogP contribution in [0.3, 0.4) is 0 Å². The quantitative estimate of drug-likeness (QED) is 0.487. The first-order chi connectivity index (χ1) is 10.8. The molecule has 22 heavy (non-hydrogen) atoms. The average molecular weight is 298 g/mol. The Balaban J connectivity index is 1.53. The molecule has 4 rings (SSSR count). The van der Waals surface area contributed by atoms with Crippen LogP contribution in [0.4, 0.5) is 5.95 Å². The maximum absolute atomic E-state index is 11.5. The molecule has 0 fully saturated rings. The van der Waals surface area contributed by atoms with E-state index in [1.54, 1.807) is 6.21 Å². The Hall–Kier alpha value is -3.36. The number of aromatic amines is 2. The zero-order valence-corrected chi connectivity index (χ0v) is 11.2. The van der Waals surface area contributed by atoms with Crippen molar-refractivity contribution in [3.63, 3.8) is 0 Å². The minimum Gasteiger partial charge on any atom is -0.454 e. The minimum absolute atomic E-state index is 0.231. The highest BCUT2D eigenvalue weighted by Crippen LogP contribution is 2.31. The van der Waals surface area contributed by atoms with Crippen molar-refractivity contribution < 1.29 is 9.47 Å². The third-order valence-electron chi connectivity index (χ3n) is 3.07. The second-order valence-corrected chi connectivity index (χ2v) is 4.50. The Labute approximate surface area is 123 Å². The van der Waals surface area contributed by atoms with Crippen molar-refractivity contribution in [1.29, 1.82) is 0 Å². The highest BCUT2D eigenvalue weighted by Gasteiger charge is 2.12. The molecule has 0 aliphatic carbocycles. The first-order valence-corrected chi connectivity index (χ1v) is 6.42. The molecule has 0 bridgehead atoms. The van der Waals surface area contributed by atoms with Gasteiger partial charge >= 0.3 is 0 Å². The summed E-state index contributed by atoms with van der Waals surface area (Å²) in [6.45, 7) is 0.231. The van der Waals surface area contributed by atoms with Crippen molar-refractivity contribution >= 4 is 23.3 Å². The number of imidazole rings is 1. The molecule has 1 aromatic carbocycles. The summed E-state index contributed by atoms with van der Waals surface area (Å²) >= 11 is 0. The highest BCUT2D eigenvalue weighted by molar-refractivity contribution is 5.81. The molecule has 0 unspecified atom stereocenters. The summed E-state index contributed by atoms with van der Waals surface area (Å²) in [4.78, 5) is 24.9. The van der Waals surface area contributed by atoms with Crippen LogP contribution in [0, 0.1) is 0 Å². The number of nitrogens with zero attached hydrogens (tertiary/aromatic N) is 3. The van der Waals surface area contributed by atoms with Crippen LogP contribution in [0.5, 0.6) is 11.5 Å². The van der Waals surface area contributed by atoms with E-state index in [2.05, 4.69) is 30.5 Å². The van der Waals surface area contributed by atoms with Gasteiger partial charge in [0.15, 0.2) is 22.7 Å². The Morgan fingerprint density at radius 1 is 1.32 bits per heavy atom. The maximum Gasteiger partial charge on any atom is 0.276 e. The second kappa shape index (κ2) is 4.88. The highest BCUT2D eigenvalue weighted by atomic mass is 16.7. The van der Waals surface area contributed by atoms with Crippen molar-refractivity contribution in [2.75, 3.05) is 12.2 Å². The van der Waals surface area contributed by atoms with Gasteiger partial charge in [-0.3, -0.25) is 4.79 Å². The number of ether oxygens (including phenoxy) is 2. The van der Waals surface area contributed by atoms with Crippen molar-refractivity contribution in [3.8, 4) is 11.5 Å². The monoisotopic (exact) mass is 298 g/mol. The number of fused-ring (bicyclic) bond motifs is 2. The molecule has 3 aromatic rings. The van der Waals surface area contributed by atoms with Crippen LogP contribution in [0.25, 0.3) is 11.2 Å². The summed E-state index contributed by atoms with van der Waals surface area (Å²) in [5.74, 6) is 1.73. The molecule has 0 amide bonds. The summed E-state index contributed by atoms with van der Waals surface area (Å²) in [5.41, 5.74) is 3.88. The lowest BCUT2D eigenvalue weighted by Crippen LogP contribution is -2.05. The first-order valence-electron chi connectivity index (χ1n) is 6.42. The fourth-order valence-electron chi connectivity index (χ4n) is 2.05. The van der Waals surface area contributed by atoms with E-state index in [0.29, 0.717) is 28.6 Å². The number of aromatic nitrogens is 4. The zero-order valence-electron chi connectivity index (χ0n) is 11.2. The number of H-pyrrole nitrogens is 2. The standard InChI is InChI=1S/C13H10N6O3/c20-12-10-11(14-5-15-12)18-13(17-10)19-16-4-7-1-2-8-9(3-7)22-6-21-8/h1-5H,6H2,(H3,14,15,17,18,19,20). The molecule has 0 saturated heterocycles. The van der Waals surface area contributed by atoms with Crippen molar-refractivity contribution in [2.45, 2.75) is 0 Å². The van der Waals surface area contributed by atoms with Crippen molar-refractivity contribution in [3.05, 3.63) is 40.4 Å². The lowest BCUT2D eigenvalue weighted by atomic mass is 10.2. The third-order valence-corrected chi connectivity index (χ3v) is 3.07. The lowest BCUT2D eigenvalue weighted by molar-refractivity contribution is 0.174. The molecular weight excluding hydrogens is 288 g/mol. The van der Waals surface area contributed by atoms with Gasteiger partial charge in [0.1, 0.15) is 0 Å². The van der Waals surface area contributed by atoms with E-state index < -0.39 is 0 Å². The normalized spacial score (nSPS) is 13.1. The summed E-state index contributed by atoms with van der Waals surface area (Å²) < 4.78 is 10.5. The molecule has 0 spiro atoms.